The first kappa shape index (κ1) is 14.0. The number of halogens is 1. The van der Waals surface area contributed by atoms with Crippen molar-refractivity contribution in [2.75, 3.05) is 0 Å². The molecule has 2 rings (SSSR count). The van der Waals surface area contributed by atoms with Gasteiger partial charge in [-0.25, -0.2) is 9.78 Å². The first-order valence-electron chi connectivity index (χ1n) is 5.82. The van der Waals surface area contributed by atoms with Crippen LogP contribution >= 0.6 is 22.9 Å². The van der Waals surface area contributed by atoms with Gasteiger partial charge in [0.15, 0.2) is 10.2 Å². The van der Waals surface area contributed by atoms with Crippen molar-refractivity contribution in [2.24, 2.45) is 0 Å². The van der Waals surface area contributed by atoms with Crippen LogP contribution in [-0.2, 0) is 4.74 Å². The highest BCUT2D eigenvalue weighted by Crippen LogP contribution is 2.33. The summed E-state index contributed by atoms with van der Waals surface area (Å²) >= 11 is 7.21. The lowest BCUT2D eigenvalue weighted by Gasteiger charge is -2.19. The molecule has 0 radical (unpaired) electrons. The highest BCUT2D eigenvalue weighted by Gasteiger charge is 2.24. The molecular formula is C14H14ClNO2S. The number of thiazole rings is 1. The Balaban J connectivity index is 2.40. The molecule has 2 aromatic rings. The van der Waals surface area contributed by atoms with E-state index in [2.05, 4.69) is 4.98 Å². The van der Waals surface area contributed by atoms with Crippen molar-refractivity contribution in [3.05, 3.63) is 40.5 Å². The summed E-state index contributed by atoms with van der Waals surface area (Å²) in [6, 6.07) is 9.55. The van der Waals surface area contributed by atoms with Gasteiger partial charge in [-0.1, -0.05) is 41.9 Å². The first-order chi connectivity index (χ1) is 8.87. The summed E-state index contributed by atoms with van der Waals surface area (Å²) in [5, 5.41) is 0. The number of nitrogens with zero attached hydrogens (tertiary/aromatic N) is 1. The van der Waals surface area contributed by atoms with Crippen LogP contribution in [0.3, 0.4) is 0 Å². The zero-order valence-electron chi connectivity index (χ0n) is 10.9. The molecule has 0 unspecified atom stereocenters. The molecule has 0 saturated carbocycles. The fraction of sp³-hybridized carbons (Fsp3) is 0.286. The van der Waals surface area contributed by atoms with Crippen LogP contribution in [0.15, 0.2) is 30.3 Å². The highest BCUT2D eigenvalue weighted by atomic mass is 35.5. The predicted octanol–water partition coefficient (Wildman–Crippen LogP) is 4.42. The van der Waals surface area contributed by atoms with Gasteiger partial charge < -0.3 is 4.74 Å². The molecule has 0 aliphatic heterocycles. The van der Waals surface area contributed by atoms with E-state index in [-0.39, 0.29) is 5.69 Å². The second-order valence-corrected chi connectivity index (χ2v) is 6.59. The molecule has 19 heavy (non-hydrogen) atoms. The average Bonchev–Trinajstić information content (AvgIpc) is 2.70. The van der Waals surface area contributed by atoms with E-state index in [4.69, 9.17) is 16.3 Å². The van der Waals surface area contributed by atoms with Gasteiger partial charge in [-0.05, 0) is 26.3 Å². The molecule has 3 nitrogen and oxygen atoms in total. The molecule has 0 N–H and O–H groups in total. The van der Waals surface area contributed by atoms with E-state index in [0.717, 1.165) is 10.4 Å². The molecule has 0 bridgehead atoms. The van der Waals surface area contributed by atoms with Crippen LogP contribution in [0.4, 0.5) is 0 Å². The molecule has 0 saturated heterocycles. The number of carbonyl (C=O) groups excluding carboxylic acids is 1. The van der Waals surface area contributed by atoms with Crippen molar-refractivity contribution in [1.29, 1.82) is 0 Å². The van der Waals surface area contributed by atoms with Crippen molar-refractivity contribution < 1.29 is 9.53 Å². The third kappa shape index (κ3) is 3.55. The van der Waals surface area contributed by atoms with Crippen molar-refractivity contribution in [3.8, 4) is 10.4 Å². The minimum atomic E-state index is -0.554. The Labute approximate surface area is 121 Å². The van der Waals surface area contributed by atoms with E-state index in [1.165, 1.54) is 11.3 Å². The number of rotatable bonds is 2. The van der Waals surface area contributed by atoms with Crippen molar-refractivity contribution in [1.82, 2.24) is 4.98 Å². The van der Waals surface area contributed by atoms with Crippen molar-refractivity contribution in [3.63, 3.8) is 0 Å². The third-order valence-electron chi connectivity index (χ3n) is 2.23. The highest BCUT2D eigenvalue weighted by molar-refractivity contribution is 7.19. The van der Waals surface area contributed by atoms with Gasteiger partial charge >= 0.3 is 5.97 Å². The summed E-state index contributed by atoms with van der Waals surface area (Å²) in [6.45, 7) is 5.46. The van der Waals surface area contributed by atoms with Crippen molar-refractivity contribution >= 4 is 28.9 Å². The fourth-order valence-electron chi connectivity index (χ4n) is 1.54. The molecule has 1 aromatic carbocycles. The minimum Gasteiger partial charge on any atom is -0.455 e. The molecular weight excluding hydrogens is 282 g/mol. The van der Waals surface area contributed by atoms with Gasteiger partial charge in [-0.2, -0.15) is 0 Å². The molecule has 0 aliphatic carbocycles. The Morgan fingerprint density at radius 2 is 1.89 bits per heavy atom. The van der Waals surface area contributed by atoms with E-state index >= 15 is 0 Å². The van der Waals surface area contributed by atoms with Crippen LogP contribution in [0, 0.1) is 0 Å². The largest absolute Gasteiger partial charge is 0.455 e. The summed E-state index contributed by atoms with van der Waals surface area (Å²) in [5.74, 6) is -0.450. The quantitative estimate of drug-likeness (QED) is 0.770. The summed E-state index contributed by atoms with van der Waals surface area (Å²) in [7, 11) is 0. The summed E-state index contributed by atoms with van der Waals surface area (Å²) < 4.78 is 5.68. The molecule has 5 heteroatoms. The number of esters is 1. The Morgan fingerprint density at radius 1 is 1.26 bits per heavy atom. The summed E-state index contributed by atoms with van der Waals surface area (Å²) in [5.41, 5.74) is 0.630. The molecule has 1 heterocycles. The standard InChI is InChI=1S/C14H14ClNO2S/c1-14(2,3)18-12(17)10-11(19-13(15)16-10)9-7-5-4-6-8-9/h4-8H,1-3H3. The van der Waals surface area contributed by atoms with Gasteiger partial charge in [-0.15, -0.1) is 11.3 Å². The SMILES string of the molecule is CC(C)(C)OC(=O)c1nc(Cl)sc1-c1ccccc1. The molecule has 0 fully saturated rings. The van der Waals surface area contributed by atoms with Gasteiger partial charge in [0.1, 0.15) is 5.60 Å². The lowest BCUT2D eigenvalue weighted by Crippen LogP contribution is -2.24. The lowest BCUT2D eigenvalue weighted by molar-refractivity contribution is 0.00646. The van der Waals surface area contributed by atoms with Crippen LogP contribution in [0.5, 0.6) is 0 Å². The maximum Gasteiger partial charge on any atom is 0.359 e. The molecule has 0 aliphatic rings. The van der Waals surface area contributed by atoms with E-state index in [9.17, 15) is 4.79 Å². The molecule has 0 atom stereocenters. The molecule has 0 amide bonds. The smallest absolute Gasteiger partial charge is 0.359 e. The summed E-state index contributed by atoms with van der Waals surface area (Å²) in [6.07, 6.45) is 0. The van der Waals surface area contributed by atoms with Crippen LogP contribution in [-0.4, -0.2) is 16.6 Å². The zero-order chi connectivity index (χ0) is 14.0. The van der Waals surface area contributed by atoms with Gasteiger partial charge in [0, 0.05) is 0 Å². The van der Waals surface area contributed by atoms with Crippen LogP contribution in [0.2, 0.25) is 4.47 Å². The second-order valence-electron chi connectivity index (χ2n) is 5.01. The van der Waals surface area contributed by atoms with E-state index in [1.807, 2.05) is 51.1 Å². The van der Waals surface area contributed by atoms with Gasteiger partial charge in [0.2, 0.25) is 0 Å². The normalized spacial score (nSPS) is 11.4. The third-order valence-corrected chi connectivity index (χ3v) is 3.44. The van der Waals surface area contributed by atoms with Crippen molar-refractivity contribution in [2.45, 2.75) is 26.4 Å². The second kappa shape index (κ2) is 5.31. The first-order valence-corrected chi connectivity index (χ1v) is 7.01. The zero-order valence-corrected chi connectivity index (χ0v) is 12.5. The van der Waals surface area contributed by atoms with E-state index < -0.39 is 11.6 Å². The van der Waals surface area contributed by atoms with Gasteiger partial charge in [0.25, 0.3) is 0 Å². The lowest BCUT2D eigenvalue weighted by atomic mass is 10.1. The number of carbonyl (C=O) groups is 1. The fourth-order valence-corrected chi connectivity index (χ4v) is 2.64. The predicted molar refractivity (Wildman–Crippen MR) is 77.7 cm³/mol. The Morgan fingerprint density at radius 3 is 2.47 bits per heavy atom. The monoisotopic (exact) mass is 295 g/mol. The molecule has 1 aromatic heterocycles. The number of ether oxygens (including phenoxy) is 1. The van der Waals surface area contributed by atoms with Crippen LogP contribution in [0.25, 0.3) is 10.4 Å². The van der Waals surface area contributed by atoms with E-state index in [1.54, 1.807) is 0 Å². The number of aromatic nitrogens is 1. The Kier molecular flexibility index (Phi) is 3.92. The van der Waals surface area contributed by atoms with Gasteiger partial charge in [-0.3, -0.25) is 0 Å². The van der Waals surface area contributed by atoms with Crippen LogP contribution in [0.1, 0.15) is 31.3 Å². The minimum absolute atomic E-state index is 0.274. The summed E-state index contributed by atoms with van der Waals surface area (Å²) in [4.78, 5) is 16.9. The average molecular weight is 296 g/mol. The maximum absolute atomic E-state index is 12.1. The molecule has 0 spiro atoms. The maximum atomic E-state index is 12.1. The van der Waals surface area contributed by atoms with E-state index in [0.29, 0.717) is 4.47 Å². The van der Waals surface area contributed by atoms with Crippen LogP contribution < -0.4 is 0 Å². The molecule has 100 valence electrons. The number of benzene rings is 1. The number of hydrogen-bond donors (Lipinski definition) is 0. The van der Waals surface area contributed by atoms with Gasteiger partial charge in [0.05, 0.1) is 4.88 Å². The Bertz CT molecular complexity index is 587. The Hall–Kier alpha value is -1.39. The number of hydrogen-bond acceptors (Lipinski definition) is 4. The topological polar surface area (TPSA) is 39.2 Å².